The number of nitrogens with zero attached hydrogens (tertiary/aromatic N) is 1. The van der Waals surface area contributed by atoms with E-state index in [1.54, 1.807) is 7.11 Å². The summed E-state index contributed by atoms with van der Waals surface area (Å²) >= 11 is 0. The fourth-order valence-electron chi connectivity index (χ4n) is 2.99. The Balaban J connectivity index is 1.71. The minimum Gasteiger partial charge on any atom is -0.385 e. The summed E-state index contributed by atoms with van der Waals surface area (Å²) in [6.45, 7) is 3.27. The molecule has 1 heterocycles. The molecule has 6 nitrogen and oxygen atoms in total. The number of amides is 3. The predicted molar refractivity (Wildman–Crippen MR) is 97.1 cm³/mol. The van der Waals surface area contributed by atoms with Crippen molar-refractivity contribution in [2.45, 2.75) is 32.2 Å². The summed E-state index contributed by atoms with van der Waals surface area (Å²) in [6.07, 6.45) is 3.10. The van der Waals surface area contributed by atoms with Crippen LogP contribution in [-0.4, -0.2) is 50.2 Å². The Morgan fingerprint density at radius 1 is 1.24 bits per heavy atom. The second kappa shape index (κ2) is 10.7. The fraction of sp³-hybridized carbons (Fsp3) is 0.579. The number of urea groups is 1. The lowest BCUT2D eigenvalue weighted by Crippen LogP contribution is -2.39. The van der Waals surface area contributed by atoms with Gasteiger partial charge in [0.2, 0.25) is 5.91 Å². The van der Waals surface area contributed by atoms with Crippen LogP contribution in [0.3, 0.4) is 0 Å². The topological polar surface area (TPSA) is 70.7 Å². The van der Waals surface area contributed by atoms with Gasteiger partial charge in [0.25, 0.3) is 0 Å². The van der Waals surface area contributed by atoms with Crippen LogP contribution in [0.4, 0.5) is 4.79 Å². The van der Waals surface area contributed by atoms with E-state index in [2.05, 4.69) is 10.6 Å². The van der Waals surface area contributed by atoms with Gasteiger partial charge in [-0.3, -0.25) is 4.79 Å². The molecule has 138 valence electrons. The lowest BCUT2D eigenvalue weighted by atomic mass is 10.0. The summed E-state index contributed by atoms with van der Waals surface area (Å²) in [5.41, 5.74) is 1.16. The second-order valence-corrected chi connectivity index (χ2v) is 6.48. The van der Waals surface area contributed by atoms with Gasteiger partial charge in [-0.15, -0.1) is 0 Å². The minimum absolute atomic E-state index is 0.146. The molecule has 1 saturated heterocycles. The molecular formula is C19H29N3O3. The highest BCUT2D eigenvalue weighted by Crippen LogP contribution is 2.19. The Morgan fingerprint density at radius 2 is 2.04 bits per heavy atom. The van der Waals surface area contributed by atoms with E-state index in [1.807, 2.05) is 35.2 Å². The van der Waals surface area contributed by atoms with Crippen LogP contribution in [0.1, 0.15) is 31.2 Å². The van der Waals surface area contributed by atoms with Gasteiger partial charge in [-0.05, 0) is 30.7 Å². The first-order valence-electron chi connectivity index (χ1n) is 9.01. The monoisotopic (exact) mass is 347 g/mol. The number of hydrogen-bond acceptors (Lipinski definition) is 3. The maximum absolute atomic E-state index is 12.3. The Labute approximate surface area is 149 Å². The number of benzene rings is 1. The third kappa shape index (κ3) is 7.13. The maximum Gasteiger partial charge on any atom is 0.314 e. The van der Waals surface area contributed by atoms with Gasteiger partial charge in [0.05, 0.1) is 0 Å². The zero-order valence-corrected chi connectivity index (χ0v) is 15.0. The van der Waals surface area contributed by atoms with Gasteiger partial charge in [0.15, 0.2) is 0 Å². The van der Waals surface area contributed by atoms with Crippen molar-refractivity contribution in [1.29, 1.82) is 0 Å². The van der Waals surface area contributed by atoms with Crippen LogP contribution >= 0.6 is 0 Å². The van der Waals surface area contributed by atoms with Crippen LogP contribution < -0.4 is 10.6 Å². The summed E-state index contributed by atoms with van der Waals surface area (Å²) in [4.78, 5) is 26.0. The quantitative estimate of drug-likeness (QED) is 0.708. The first-order valence-corrected chi connectivity index (χ1v) is 9.01. The molecule has 1 aliphatic heterocycles. The molecule has 0 aromatic heterocycles. The number of methoxy groups -OCH3 is 1. The van der Waals surface area contributed by atoms with Crippen LogP contribution in [0, 0.1) is 5.92 Å². The molecule has 1 aliphatic rings. The molecule has 6 heteroatoms. The zero-order valence-electron chi connectivity index (χ0n) is 15.0. The number of likely N-dealkylation sites (tertiary alicyclic amines) is 1. The molecule has 1 aromatic carbocycles. The van der Waals surface area contributed by atoms with Crippen molar-refractivity contribution in [2.24, 2.45) is 5.92 Å². The summed E-state index contributed by atoms with van der Waals surface area (Å²) in [5.74, 6) is 0.546. The van der Waals surface area contributed by atoms with Crippen LogP contribution in [0.5, 0.6) is 0 Å². The van der Waals surface area contributed by atoms with Gasteiger partial charge in [0, 0.05) is 46.3 Å². The van der Waals surface area contributed by atoms with E-state index < -0.39 is 0 Å². The first-order chi connectivity index (χ1) is 12.2. The number of carbonyl (C=O) groups excluding carboxylic acids is 2. The van der Waals surface area contributed by atoms with Crippen LogP contribution in [0.25, 0.3) is 0 Å². The summed E-state index contributed by atoms with van der Waals surface area (Å²) in [5, 5.41) is 5.73. The smallest absolute Gasteiger partial charge is 0.314 e. The van der Waals surface area contributed by atoms with Gasteiger partial charge < -0.3 is 20.3 Å². The highest BCUT2D eigenvalue weighted by atomic mass is 16.5. The molecule has 0 bridgehead atoms. The number of hydrogen-bond donors (Lipinski definition) is 2. The van der Waals surface area contributed by atoms with Gasteiger partial charge in [0.1, 0.15) is 0 Å². The van der Waals surface area contributed by atoms with E-state index in [9.17, 15) is 9.59 Å². The van der Waals surface area contributed by atoms with Crippen molar-refractivity contribution in [3.05, 3.63) is 35.9 Å². The highest BCUT2D eigenvalue weighted by Gasteiger charge is 2.22. The molecule has 0 radical (unpaired) electrons. The largest absolute Gasteiger partial charge is 0.385 e. The van der Waals surface area contributed by atoms with E-state index in [-0.39, 0.29) is 11.9 Å². The van der Waals surface area contributed by atoms with Crippen molar-refractivity contribution in [1.82, 2.24) is 15.5 Å². The van der Waals surface area contributed by atoms with Gasteiger partial charge in [-0.1, -0.05) is 30.3 Å². The minimum atomic E-state index is -0.146. The number of ether oxygens (including phenoxy) is 1. The Bertz CT molecular complexity index is 536. The van der Waals surface area contributed by atoms with E-state index in [1.165, 1.54) is 0 Å². The lowest BCUT2D eigenvalue weighted by Gasteiger charge is -2.21. The molecule has 0 aliphatic carbocycles. The molecule has 3 amide bonds. The Kier molecular flexibility index (Phi) is 8.25. The molecule has 1 atom stereocenters. The second-order valence-electron chi connectivity index (χ2n) is 6.48. The number of carbonyl (C=O) groups is 2. The van der Waals surface area contributed by atoms with E-state index in [0.717, 1.165) is 31.4 Å². The summed E-state index contributed by atoms with van der Waals surface area (Å²) < 4.78 is 4.95. The lowest BCUT2D eigenvalue weighted by molar-refractivity contribution is -0.131. The van der Waals surface area contributed by atoms with Crippen molar-refractivity contribution in [3.63, 3.8) is 0 Å². The van der Waals surface area contributed by atoms with Crippen molar-refractivity contribution < 1.29 is 14.3 Å². The SMILES string of the molecule is COCCCNC(=O)NCC1CCC(=O)N(Cc2ccccc2)CC1. The number of nitrogens with one attached hydrogen (secondary N) is 2. The summed E-state index contributed by atoms with van der Waals surface area (Å²) in [6, 6.07) is 9.92. The van der Waals surface area contributed by atoms with Crippen LogP contribution in [0.15, 0.2) is 30.3 Å². The molecule has 0 saturated carbocycles. The number of rotatable bonds is 8. The van der Waals surface area contributed by atoms with Crippen LogP contribution in [0.2, 0.25) is 0 Å². The van der Waals surface area contributed by atoms with E-state index >= 15 is 0 Å². The predicted octanol–water partition coefficient (Wildman–Crippen LogP) is 2.15. The highest BCUT2D eigenvalue weighted by molar-refractivity contribution is 5.76. The van der Waals surface area contributed by atoms with Crippen molar-refractivity contribution in [3.8, 4) is 0 Å². The molecule has 2 N–H and O–H groups in total. The molecule has 1 unspecified atom stereocenters. The standard InChI is InChI=1S/C19H29N3O3/c1-25-13-5-11-20-19(24)21-14-16-8-9-18(23)22(12-10-16)15-17-6-3-2-4-7-17/h2-4,6-7,16H,5,8-15H2,1H3,(H2,20,21,24). The van der Waals surface area contributed by atoms with Crippen molar-refractivity contribution in [2.75, 3.05) is 33.4 Å². The summed E-state index contributed by atoms with van der Waals surface area (Å²) in [7, 11) is 1.65. The average molecular weight is 347 g/mol. The van der Waals surface area contributed by atoms with Gasteiger partial charge in [-0.25, -0.2) is 4.79 Å². The normalized spacial score (nSPS) is 17.9. The molecule has 0 spiro atoms. The molecule has 1 aromatic rings. The zero-order chi connectivity index (χ0) is 17.9. The molecule has 2 rings (SSSR count). The molecular weight excluding hydrogens is 318 g/mol. The van der Waals surface area contributed by atoms with Crippen molar-refractivity contribution >= 4 is 11.9 Å². The van der Waals surface area contributed by atoms with E-state index in [0.29, 0.717) is 38.6 Å². The molecule has 1 fully saturated rings. The Hall–Kier alpha value is -2.08. The van der Waals surface area contributed by atoms with Crippen LogP contribution in [-0.2, 0) is 16.1 Å². The maximum atomic E-state index is 12.3. The Morgan fingerprint density at radius 3 is 2.80 bits per heavy atom. The average Bonchev–Trinajstić information content (AvgIpc) is 2.80. The van der Waals surface area contributed by atoms with Gasteiger partial charge in [-0.2, -0.15) is 0 Å². The third-order valence-corrected chi connectivity index (χ3v) is 4.50. The van der Waals surface area contributed by atoms with E-state index in [4.69, 9.17) is 4.74 Å². The fourth-order valence-corrected chi connectivity index (χ4v) is 2.99. The first kappa shape index (κ1) is 19.2. The van der Waals surface area contributed by atoms with Gasteiger partial charge >= 0.3 is 6.03 Å². The third-order valence-electron chi connectivity index (χ3n) is 4.50. The molecule has 25 heavy (non-hydrogen) atoms.